The molecule has 2 saturated heterocycles. The number of nitrogens with zero attached hydrogens (tertiary/aromatic N) is 7. The Morgan fingerprint density at radius 3 is 2.14 bits per heavy atom. The van der Waals surface area contributed by atoms with Crippen molar-refractivity contribution in [1.29, 1.82) is 0 Å². The van der Waals surface area contributed by atoms with Crippen molar-refractivity contribution < 1.29 is 9.47 Å². The fourth-order valence-electron chi connectivity index (χ4n) is 2.64. The van der Waals surface area contributed by atoms with Crippen LogP contribution >= 0.6 is 0 Å². The van der Waals surface area contributed by atoms with Crippen LogP contribution in [0.3, 0.4) is 0 Å². The highest BCUT2D eigenvalue weighted by molar-refractivity contribution is 5.49. The molecular formula is C12H18N8O2. The first-order chi connectivity index (χ1) is 10.8. The molecule has 2 aliphatic rings. The topological polar surface area (TPSA) is 107 Å². The molecule has 2 aliphatic heterocycles. The zero-order valence-corrected chi connectivity index (χ0v) is 12.2. The second-order valence-electron chi connectivity index (χ2n) is 5.20. The van der Waals surface area contributed by atoms with E-state index in [1.54, 1.807) is 4.52 Å². The molecule has 4 rings (SSSR count). The minimum atomic E-state index is 0.204. The van der Waals surface area contributed by atoms with E-state index in [4.69, 9.17) is 15.2 Å². The number of hydrogen-bond donors (Lipinski definition) is 1. The molecule has 0 unspecified atom stereocenters. The van der Waals surface area contributed by atoms with Gasteiger partial charge in [-0.2, -0.15) is 19.5 Å². The van der Waals surface area contributed by atoms with Crippen molar-refractivity contribution in [1.82, 2.24) is 24.6 Å². The Bertz CT molecular complexity index is 662. The first-order valence-electron chi connectivity index (χ1n) is 7.37. The van der Waals surface area contributed by atoms with E-state index in [1.807, 2.05) is 0 Å². The van der Waals surface area contributed by atoms with Crippen molar-refractivity contribution >= 4 is 23.6 Å². The first-order valence-corrected chi connectivity index (χ1v) is 7.37. The number of rotatable bonds is 2. The molecular weight excluding hydrogens is 288 g/mol. The van der Waals surface area contributed by atoms with Crippen LogP contribution < -0.4 is 15.5 Å². The fraction of sp³-hybridized carbons (Fsp3) is 0.667. The van der Waals surface area contributed by atoms with Gasteiger partial charge in [0.25, 0.3) is 5.78 Å². The van der Waals surface area contributed by atoms with Crippen molar-refractivity contribution in [3.63, 3.8) is 0 Å². The third-order valence-electron chi connectivity index (χ3n) is 3.79. The molecule has 0 saturated carbocycles. The standard InChI is InChI=1S/C12H18N8O2/c13-9-14-10-16-11(18-1-5-21-6-2-18)17-20(10)12(15-9)19-3-7-22-8-4-19/h1-8H2,(H2,13,14,16,17). The molecule has 10 nitrogen and oxygen atoms in total. The van der Waals surface area contributed by atoms with Crippen molar-refractivity contribution in [3.8, 4) is 0 Å². The number of ether oxygens (including phenoxy) is 2. The molecule has 4 heterocycles. The van der Waals surface area contributed by atoms with E-state index in [0.29, 0.717) is 44.1 Å². The lowest BCUT2D eigenvalue weighted by Crippen LogP contribution is -2.38. The highest BCUT2D eigenvalue weighted by Gasteiger charge is 2.22. The monoisotopic (exact) mass is 306 g/mol. The van der Waals surface area contributed by atoms with Gasteiger partial charge in [-0.3, -0.25) is 0 Å². The number of nitrogen functional groups attached to an aromatic ring is 1. The van der Waals surface area contributed by atoms with Crippen LogP contribution in [-0.4, -0.2) is 77.2 Å². The van der Waals surface area contributed by atoms with E-state index in [0.717, 1.165) is 26.2 Å². The summed E-state index contributed by atoms with van der Waals surface area (Å²) in [5.41, 5.74) is 5.82. The third-order valence-corrected chi connectivity index (χ3v) is 3.79. The summed E-state index contributed by atoms with van der Waals surface area (Å²) >= 11 is 0. The van der Waals surface area contributed by atoms with Gasteiger partial charge < -0.3 is 25.0 Å². The van der Waals surface area contributed by atoms with Crippen molar-refractivity contribution in [2.45, 2.75) is 0 Å². The van der Waals surface area contributed by atoms with E-state index in [9.17, 15) is 0 Å². The van der Waals surface area contributed by atoms with E-state index in [1.165, 1.54) is 0 Å². The molecule has 0 radical (unpaired) electrons. The minimum Gasteiger partial charge on any atom is -0.378 e. The molecule has 2 aromatic heterocycles. The van der Waals surface area contributed by atoms with E-state index in [2.05, 4.69) is 29.9 Å². The maximum Gasteiger partial charge on any atom is 0.260 e. The van der Waals surface area contributed by atoms with Crippen LogP contribution in [0.5, 0.6) is 0 Å². The van der Waals surface area contributed by atoms with E-state index < -0.39 is 0 Å². The van der Waals surface area contributed by atoms with Crippen LogP contribution in [0.4, 0.5) is 17.8 Å². The van der Waals surface area contributed by atoms with Crippen LogP contribution in [-0.2, 0) is 9.47 Å². The summed E-state index contributed by atoms with van der Waals surface area (Å²) in [6.45, 7) is 5.72. The number of fused-ring (bicyclic) bond motifs is 1. The van der Waals surface area contributed by atoms with E-state index in [-0.39, 0.29) is 5.95 Å². The smallest absolute Gasteiger partial charge is 0.260 e. The number of aromatic nitrogens is 5. The average Bonchev–Trinajstić information content (AvgIpc) is 2.99. The third kappa shape index (κ3) is 2.40. The summed E-state index contributed by atoms with van der Waals surface area (Å²) in [7, 11) is 0. The second kappa shape index (κ2) is 5.54. The van der Waals surface area contributed by atoms with Crippen molar-refractivity contribution in [2.75, 3.05) is 68.1 Å². The lowest BCUT2D eigenvalue weighted by Gasteiger charge is -2.27. The molecule has 0 aliphatic carbocycles. The molecule has 10 heteroatoms. The van der Waals surface area contributed by atoms with Crippen LogP contribution in [0.25, 0.3) is 5.78 Å². The fourth-order valence-corrected chi connectivity index (χ4v) is 2.64. The minimum absolute atomic E-state index is 0.204. The van der Waals surface area contributed by atoms with E-state index >= 15 is 0 Å². The van der Waals surface area contributed by atoms with Gasteiger partial charge >= 0.3 is 0 Å². The molecule has 2 fully saturated rings. The van der Waals surface area contributed by atoms with Gasteiger partial charge in [-0.1, -0.05) is 0 Å². The van der Waals surface area contributed by atoms with Gasteiger partial charge in [-0.15, -0.1) is 5.10 Å². The highest BCUT2D eigenvalue weighted by Crippen LogP contribution is 2.18. The highest BCUT2D eigenvalue weighted by atomic mass is 16.5. The molecule has 2 N–H and O–H groups in total. The predicted octanol–water partition coefficient (Wildman–Crippen LogP) is -1.23. The lowest BCUT2D eigenvalue weighted by atomic mass is 10.4. The van der Waals surface area contributed by atoms with Crippen LogP contribution in [0, 0.1) is 0 Å². The van der Waals surface area contributed by atoms with Gasteiger partial charge in [0.2, 0.25) is 17.8 Å². The van der Waals surface area contributed by atoms with Gasteiger partial charge in [0.1, 0.15) is 0 Å². The summed E-state index contributed by atoms with van der Waals surface area (Å²) < 4.78 is 12.4. The number of morpholine rings is 2. The van der Waals surface area contributed by atoms with Gasteiger partial charge in [-0.05, 0) is 0 Å². The van der Waals surface area contributed by atoms with Crippen LogP contribution in [0.15, 0.2) is 0 Å². The Labute approximate surface area is 126 Å². The Morgan fingerprint density at radius 2 is 1.45 bits per heavy atom. The summed E-state index contributed by atoms with van der Waals surface area (Å²) in [5.74, 6) is 1.97. The maximum atomic E-state index is 5.82. The van der Waals surface area contributed by atoms with Gasteiger partial charge in [0.15, 0.2) is 0 Å². The van der Waals surface area contributed by atoms with Gasteiger partial charge in [0, 0.05) is 26.2 Å². The molecule has 2 aromatic rings. The number of nitrogens with two attached hydrogens (primary N) is 1. The number of hydrogen-bond acceptors (Lipinski definition) is 9. The quantitative estimate of drug-likeness (QED) is 0.730. The summed E-state index contributed by atoms with van der Waals surface area (Å²) in [4.78, 5) is 17.2. The Kier molecular flexibility index (Phi) is 3.39. The molecule has 22 heavy (non-hydrogen) atoms. The maximum absolute atomic E-state index is 5.82. The summed E-state index contributed by atoms with van der Waals surface area (Å²) in [6, 6.07) is 0. The van der Waals surface area contributed by atoms with Gasteiger partial charge in [-0.25, -0.2) is 0 Å². The zero-order valence-electron chi connectivity index (χ0n) is 12.2. The zero-order chi connectivity index (χ0) is 14.9. The summed E-state index contributed by atoms with van der Waals surface area (Å²) in [6.07, 6.45) is 0. The second-order valence-corrected chi connectivity index (χ2v) is 5.20. The summed E-state index contributed by atoms with van der Waals surface area (Å²) in [5, 5.41) is 4.57. The van der Waals surface area contributed by atoms with Crippen LogP contribution in [0.2, 0.25) is 0 Å². The first kappa shape index (κ1) is 13.5. The SMILES string of the molecule is Nc1nc(N2CCOCC2)n2nc(N3CCOCC3)nc2n1. The molecule has 0 amide bonds. The average molecular weight is 306 g/mol. The Balaban J connectivity index is 1.73. The van der Waals surface area contributed by atoms with Crippen molar-refractivity contribution in [2.24, 2.45) is 0 Å². The lowest BCUT2D eigenvalue weighted by molar-refractivity contribution is 0.121. The number of anilines is 3. The predicted molar refractivity (Wildman–Crippen MR) is 79.1 cm³/mol. The van der Waals surface area contributed by atoms with Gasteiger partial charge in [0.05, 0.1) is 26.4 Å². The molecule has 118 valence electrons. The molecule has 0 atom stereocenters. The molecule has 0 bridgehead atoms. The molecule has 0 aromatic carbocycles. The Hall–Kier alpha value is -2.20. The molecule has 0 spiro atoms. The van der Waals surface area contributed by atoms with Crippen LogP contribution in [0.1, 0.15) is 0 Å². The largest absolute Gasteiger partial charge is 0.378 e. The Morgan fingerprint density at radius 1 is 0.818 bits per heavy atom. The van der Waals surface area contributed by atoms with Crippen molar-refractivity contribution in [3.05, 3.63) is 0 Å². The normalized spacial score (nSPS) is 19.8.